The van der Waals surface area contributed by atoms with Gasteiger partial charge in [-0.15, -0.1) is 24.0 Å². The molecule has 0 bridgehead atoms. The number of rotatable bonds is 4. The first kappa shape index (κ1) is 19.8. The Morgan fingerprint density at radius 2 is 2.09 bits per heavy atom. The summed E-state index contributed by atoms with van der Waals surface area (Å²) in [5.41, 5.74) is 0.467. The number of nitrogens with zero attached hydrogens (tertiary/aromatic N) is 1. The molecule has 0 aliphatic heterocycles. The summed E-state index contributed by atoms with van der Waals surface area (Å²) in [6.07, 6.45) is 6.25. The zero-order valence-corrected chi connectivity index (χ0v) is 16.3. The van der Waals surface area contributed by atoms with Crippen LogP contribution in [0.5, 0.6) is 0 Å². The molecule has 0 saturated heterocycles. The summed E-state index contributed by atoms with van der Waals surface area (Å²) < 4.78 is 10.3. The van der Waals surface area contributed by atoms with E-state index in [-0.39, 0.29) is 29.9 Å². The molecule has 1 aliphatic carbocycles. The minimum absolute atomic E-state index is 0. The fourth-order valence-corrected chi connectivity index (χ4v) is 2.75. The predicted octanol–water partition coefficient (Wildman–Crippen LogP) is 2.99. The monoisotopic (exact) mass is 435 g/mol. The van der Waals surface area contributed by atoms with E-state index >= 15 is 0 Å². The molecule has 1 aromatic rings. The Hall–Kier alpha value is -1.25. The lowest BCUT2D eigenvalue weighted by Crippen LogP contribution is -2.43. The molecule has 1 fully saturated rings. The number of halogens is 1. The fraction of sp³-hybridized carbons (Fsp3) is 0.625. The molecular formula is C16H26IN3O3. The summed E-state index contributed by atoms with van der Waals surface area (Å²) in [4.78, 5) is 15.8. The van der Waals surface area contributed by atoms with Crippen LogP contribution in [0.1, 0.15) is 54.0 Å². The van der Waals surface area contributed by atoms with Crippen molar-refractivity contribution in [2.75, 3.05) is 14.2 Å². The first-order valence-electron chi connectivity index (χ1n) is 7.79. The van der Waals surface area contributed by atoms with Crippen molar-refractivity contribution in [2.24, 2.45) is 4.99 Å². The van der Waals surface area contributed by atoms with E-state index in [4.69, 9.17) is 9.15 Å². The normalized spacial score (nSPS) is 15.7. The Morgan fingerprint density at radius 3 is 2.70 bits per heavy atom. The van der Waals surface area contributed by atoms with Crippen molar-refractivity contribution < 1.29 is 13.9 Å². The molecule has 6 nitrogen and oxygen atoms in total. The van der Waals surface area contributed by atoms with E-state index in [0.717, 1.165) is 5.96 Å². The van der Waals surface area contributed by atoms with E-state index in [1.807, 2.05) is 0 Å². The number of guanidine groups is 1. The topological polar surface area (TPSA) is 75.9 Å². The highest BCUT2D eigenvalue weighted by molar-refractivity contribution is 14.0. The summed E-state index contributed by atoms with van der Waals surface area (Å²) >= 11 is 0. The second-order valence-electron chi connectivity index (χ2n) is 5.58. The SMILES string of the molecule is CN=C(NCc1cc(C(=O)OC)c(C)o1)NC1CCCCC1.I. The number of aryl methyl sites for hydroxylation is 1. The number of carbonyl (C=O) groups excluding carboxylic acids is 1. The molecular weight excluding hydrogens is 409 g/mol. The molecule has 0 atom stereocenters. The molecule has 0 aromatic carbocycles. The van der Waals surface area contributed by atoms with Crippen molar-refractivity contribution in [2.45, 2.75) is 51.6 Å². The summed E-state index contributed by atoms with van der Waals surface area (Å²) in [5.74, 6) is 1.64. The van der Waals surface area contributed by atoms with Crippen LogP contribution >= 0.6 is 24.0 Å². The molecule has 2 rings (SSSR count). The highest BCUT2D eigenvalue weighted by Gasteiger charge is 2.17. The molecule has 23 heavy (non-hydrogen) atoms. The number of hydrogen-bond donors (Lipinski definition) is 2. The van der Waals surface area contributed by atoms with Gasteiger partial charge in [0.15, 0.2) is 5.96 Å². The third-order valence-corrected chi connectivity index (χ3v) is 3.97. The Labute approximate surface area is 154 Å². The molecule has 0 unspecified atom stereocenters. The second kappa shape index (κ2) is 9.79. The van der Waals surface area contributed by atoms with E-state index in [1.54, 1.807) is 20.0 Å². The van der Waals surface area contributed by atoms with E-state index < -0.39 is 0 Å². The minimum atomic E-state index is -0.378. The van der Waals surface area contributed by atoms with Crippen LogP contribution < -0.4 is 10.6 Å². The molecule has 1 saturated carbocycles. The van der Waals surface area contributed by atoms with Crippen LogP contribution in [0.2, 0.25) is 0 Å². The third kappa shape index (κ3) is 5.71. The molecule has 0 amide bonds. The van der Waals surface area contributed by atoms with Gasteiger partial charge in [-0.2, -0.15) is 0 Å². The third-order valence-electron chi connectivity index (χ3n) is 3.97. The fourth-order valence-electron chi connectivity index (χ4n) is 2.75. The van der Waals surface area contributed by atoms with Crippen molar-refractivity contribution in [3.63, 3.8) is 0 Å². The van der Waals surface area contributed by atoms with Crippen molar-refractivity contribution in [3.8, 4) is 0 Å². The predicted molar refractivity (Wildman–Crippen MR) is 100 cm³/mol. The van der Waals surface area contributed by atoms with Crippen molar-refractivity contribution in [1.29, 1.82) is 0 Å². The maximum Gasteiger partial charge on any atom is 0.341 e. The van der Waals surface area contributed by atoms with E-state index in [9.17, 15) is 4.79 Å². The summed E-state index contributed by atoms with van der Waals surface area (Å²) in [5, 5.41) is 6.66. The Kier molecular flexibility index (Phi) is 8.43. The molecule has 0 spiro atoms. The van der Waals surface area contributed by atoms with Gasteiger partial charge in [0.1, 0.15) is 17.1 Å². The van der Waals surface area contributed by atoms with Crippen LogP contribution in [0.25, 0.3) is 0 Å². The van der Waals surface area contributed by atoms with Crippen LogP contribution in [0, 0.1) is 6.92 Å². The maximum atomic E-state index is 11.6. The zero-order valence-electron chi connectivity index (χ0n) is 14.0. The summed E-state index contributed by atoms with van der Waals surface area (Å²) in [6.45, 7) is 2.23. The van der Waals surface area contributed by atoms with Crippen molar-refractivity contribution >= 4 is 35.9 Å². The number of ether oxygens (including phenoxy) is 1. The summed E-state index contributed by atoms with van der Waals surface area (Å²) in [7, 11) is 3.12. The van der Waals surface area contributed by atoms with Crippen molar-refractivity contribution in [1.82, 2.24) is 10.6 Å². The highest BCUT2D eigenvalue weighted by Crippen LogP contribution is 2.17. The van der Waals surface area contributed by atoms with Gasteiger partial charge < -0.3 is 19.8 Å². The largest absolute Gasteiger partial charge is 0.465 e. The molecule has 130 valence electrons. The van der Waals surface area contributed by atoms with Crippen LogP contribution in [0.3, 0.4) is 0 Å². The maximum absolute atomic E-state index is 11.6. The number of aliphatic imine (C=N–C) groups is 1. The lowest BCUT2D eigenvalue weighted by Gasteiger charge is -2.24. The zero-order chi connectivity index (χ0) is 15.9. The first-order chi connectivity index (χ1) is 10.6. The first-order valence-corrected chi connectivity index (χ1v) is 7.79. The Balaban J connectivity index is 0.00000264. The van der Waals surface area contributed by atoms with Crippen LogP contribution in [0.15, 0.2) is 15.5 Å². The van der Waals surface area contributed by atoms with Gasteiger partial charge in [0, 0.05) is 13.1 Å². The van der Waals surface area contributed by atoms with Crippen molar-refractivity contribution in [3.05, 3.63) is 23.2 Å². The molecule has 1 aliphatic rings. The lowest BCUT2D eigenvalue weighted by atomic mass is 9.96. The minimum Gasteiger partial charge on any atom is -0.465 e. The molecule has 7 heteroatoms. The van der Waals surface area contributed by atoms with Gasteiger partial charge in [-0.3, -0.25) is 4.99 Å². The quantitative estimate of drug-likeness (QED) is 0.329. The van der Waals surface area contributed by atoms with Gasteiger partial charge >= 0.3 is 5.97 Å². The van der Waals surface area contributed by atoms with E-state index in [2.05, 4.69) is 15.6 Å². The number of nitrogens with one attached hydrogen (secondary N) is 2. The lowest BCUT2D eigenvalue weighted by molar-refractivity contribution is 0.0599. The Bertz CT molecular complexity index is 537. The number of furan rings is 1. The number of carbonyl (C=O) groups is 1. The van der Waals surface area contributed by atoms with Crippen LogP contribution in [0.4, 0.5) is 0 Å². The average molecular weight is 435 g/mol. The van der Waals surface area contributed by atoms with Gasteiger partial charge in [-0.05, 0) is 25.8 Å². The standard InChI is InChI=1S/C16H25N3O3.HI/c1-11-14(15(20)21-3)9-13(22-11)10-18-16(17-2)19-12-7-5-4-6-8-12;/h9,12H,4-8,10H2,1-3H3,(H2,17,18,19);1H. The molecule has 1 heterocycles. The average Bonchev–Trinajstić information content (AvgIpc) is 2.92. The smallest absolute Gasteiger partial charge is 0.341 e. The van der Waals surface area contributed by atoms with Gasteiger partial charge in [0.05, 0.1) is 13.7 Å². The van der Waals surface area contributed by atoms with Gasteiger partial charge in [0.2, 0.25) is 0 Å². The molecule has 2 N–H and O–H groups in total. The van der Waals surface area contributed by atoms with Gasteiger partial charge in [-0.1, -0.05) is 19.3 Å². The van der Waals surface area contributed by atoms with Gasteiger partial charge in [0.25, 0.3) is 0 Å². The van der Waals surface area contributed by atoms with E-state index in [1.165, 1.54) is 39.2 Å². The second-order valence-corrected chi connectivity index (χ2v) is 5.58. The van der Waals surface area contributed by atoms with Crippen LogP contribution in [-0.4, -0.2) is 32.1 Å². The Morgan fingerprint density at radius 1 is 1.39 bits per heavy atom. The molecule has 0 radical (unpaired) electrons. The van der Waals surface area contributed by atoms with E-state index in [0.29, 0.717) is 29.7 Å². The number of methoxy groups -OCH3 is 1. The summed E-state index contributed by atoms with van der Waals surface area (Å²) in [6, 6.07) is 2.20. The molecule has 1 aromatic heterocycles. The van der Waals surface area contributed by atoms with Crippen LogP contribution in [-0.2, 0) is 11.3 Å². The number of hydrogen-bond acceptors (Lipinski definition) is 4. The number of esters is 1. The highest BCUT2D eigenvalue weighted by atomic mass is 127. The van der Waals surface area contributed by atoms with Gasteiger partial charge in [-0.25, -0.2) is 4.79 Å².